The maximum Gasteiger partial charge on any atom is 0.344 e. The number of amides is 1. The molecule has 0 spiro atoms. The normalized spacial score (nSPS) is 14.5. The average Bonchev–Trinajstić information content (AvgIpc) is 3.26. The van der Waals surface area contributed by atoms with Crippen molar-refractivity contribution < 1.29 is 14.3 Å². The van der Waals surface area contributed by atoms with Gasteiger partial charge in [-0.2, -0.15) is 14.9 Å². The van der Waals surface area contributed by atoms with Crippen molar-refractivity contribution in [2.75, 3.05) is 26.2 Å². The van der Waals surface area contributed by atoms with Gasteiger partial charge in [-0.15, -0.1) is 5.10 Å². The molecule has 1 amide bonds. The van der Waals surface area contributed by atoms with Crippen molar-refractivity contribution in [1.29, 1.82) is 0 Å². The molecule has 3 heterocycles. The van der Waals surface area contributed by atoms with Gasteiger partial charge in [0.1, 0.15) is 11.4 Å². The zero-order valence-electron chi connectivity index (χ0n) is 16.6. The summed E-state index contributed by atoms with van der Waals surface area (Å²) in [7, 11) is 0. The lowest BCUT2D eigenvalue weighted by atomic mass is 10.2. The van der Waals surface area contributed by atoms with Gasteiger partial charge in [0.15, 0.2) is 5.78 Å². The quantitative estimate of drug-likeness (QED) is 0.601. The third kappa shape index (κ3) is 4.69. The van der Waals surface area contributed by atoms with Crippen LogP contribution < -0.4 is 4.74 Å². The first-order chi connectivity index (χ1) is 14.6. The van der Waals surface area contributed by atoms with Crippen LogP contribution in [0.1, 0.15) is 23.0 Å². The number of hydrogen-bond donors (Lipinski definition) is 0. The molecule has 0 aliphatic carbocycles. The van der Waals surface area contributed by atoms with E-state index in [9.17, 15) is 9.59 Å². The average molecular weight is 406 g/mol. The fourth-order valence-electron chi connectivity index (χ4n) is 3.29. The van der Waals surface area contributed by atoms with Gasteiger partial charge in [-0.25, -0.2) is 4.79 Å². The van der Waals surface area contributed by atoms with E-state index in [1.54, 1.807) is 29.3 Å². The van der Waals surface area contributed by atoms with E-state index in [1.165, 1.54) is 17.8 Å². The highest BCUT2D eigenvalue weighted by atomic mass is 16.5. The van der Waals surface area contributed by atoms with Gasteiger partial charge in [0.2, 0.25) is 5.88 Å². The molecule has 1 aliphatic rings. The van der Waals surface area contributed by atoms with E-state index in [0.29, 0.717) is 30.4 Å². The van der Waals surface area contributed by atoms with Crippen LogP contribution in [0.25, 0.3) is 0 Å². The van der Waals surface area contributed by atoms with Crippen LogP contribution in [0.4, 0.5) is 4.79 Å². The number of ketones is 1. The lowest BCUT2D eigenvalue weighted by molar-refractivity contribution is 0.101. The van der Waals surface area contributed by atoms with Gasteiger partial charge in [-0.05, 0) is 29.8 Å². The topological polar surface area (TPSA) is 93.5 Å². The molecule has 1 saturated heterocycles. The van der Waals surface area contributed by atoms with Crippen LogP contribution >= 0.6 is 0 Å². The monoisotopic (exact) mass is 406 g/mol. The molecule has 0 unspecified atom stereocenters. The molecule has 0 bridgehead atoms. The van der Waals surface area contributed by atoms with E-state index in [1.807, 2.05) is 24.3 Å². The molecule has 1 aromatic carbocycles. The Bertz CT molecular complexity index is 1030. The number of nitrogens with zero attached hydrogens (tertiary/aromatic N) is 6. The summed E-state index contributed by atoms with van der Waals surface area (Å²) in [6, 6.07) is 12.8. The van der Waals surface area contributed by atoms with Crippen LogP contribution in [-0.2, 0) is 6.54 Å². The maximum atomic E-state index is 12.6. The summed E-state index contributed by atoms with van der Waals surface area (Å²) in [6.07, 6.45) is 3.14. The summed E-state index contributed by atoms with van der Waals surface area (Å²) in [5.41, 5.74) is 1.42. The Balaban J connectivity index is 1.32. The van der Waals surface area contributed by atoms with Crippen LogP contribution in [-0.4, -0.2) is 67.8 Å². The highest BCUT2D eigenvalue weighted by Gasteiger charge is 2.23. The molecule has 2 aromatic heterocycles. The van der Waals surface area contributed by atoms with Crippen molar-refractivity contribution in [1.82, 2.24) is 29.8 Å². The van der Waals surface area contributed by atoms with Gasteiger partial charge < -0.3 is 9.64 Å². The molecule has 1 fully saturated rings. The molecule has 0 atom stereocenters. The molecule has 0 radical (unpaired) electrons. The van der Waals surface area contributed by atoms with Crippen LogP contribution in [0.2, 0.25) is 0 Å². The second-order valence-corrected chi connectivity index (χ2v) is 7.06. The van der Waals surface area contributed by atoms with Crippen molar-refractivity contribution in [2.24, 2.45) is 0 Å². The van der Waals surface area contributed by atoms with E-state index in [2.05, 4.69) is 20.2 Å². The molecule has 0 saturated carbocycles. The van der Waals surface area contributed by atoms with Gasteiger partial charge in [0.25, 0.3) is 0 Å². The van der Waals surface area contributed by atoms with Gasteiger partial charge in [-0.3, -0.25) is 9.69 Å². The lowest BCUT2D eigenvalue weighted by Crippen LogP contribution is -2.49. The molecule has 9 nitrogen and oxygen atoms in total. The number of piperazine rings is 1. The number of rotatable bonds is 5. The molecule has 30 heavy (non-hydrogen) atoms. The first kappa shape index (κ1) is 19.7. The number of ether oxygens (including phenoxy) is 1. The van der Waals surface area contributed by atoms with Gasteiger partial charge >= 0.3 is 6.03 Å². The van der Waals surface area contributed by atoms with Crippen LogP contribution in [0.15, 0.2) is 54.9 Å². The van der Waals surface area contributed by atoms with Crippen molar-refractivity contribution in [3.63, 3.8) is 0 Å². The molecule has 1 aliphatic heterocycles. The van der Waals surface area contributed by atoms with E-state index < -0.39 is 0 Å². The molecule has 0 N–H and O–H groups in total. The second kappa shape index (κ2) is 8.83. The summed E-state index contributed by atoms with van der Waals surface area (Å²) < 4.78 is 6.98. The van der Waals surface area contributed by atoms with E-state index in [4.69, 9.17) is 4.74 Å². The van der Waals surface area contributed by atoms with Gasteiger partial charge in [0, 0.05) is 58.1 Å². The zero-order valence-corrected chi connectivity index (χ0v) is 16.6. The number of benzene rings is 1. The first-order valence-corrected chi connectivity index (χ1v) is 9.71. The zero-order chi connectivity index (χ0) is 20.9. The third-order valence-corrected chi connectivity index (χ3v) is 4.86. The van der Waals surface area contributed by atoms with E-state index in [-0.39, 0.29) is 11.8 Å². The van der Waals surface area contributed by atoms with Crippen molar-refractivity contribution in [2.45, 2.75) is 13.5 Å². The number of Topliss-reactive ketones (excluding diaryl/α,β-unsaturated/α-hetero) is 1. The summed E-state index contributed by atoms with van der Waals surface area (Å²) in [5, 5.41) is 11.8. The highest BCUT2D eigenvalue weighted by Crippen LogP contribution is 2.21. The van der Waals surface area contributed by atoms with Crippen molar-refractivity contribution >= 4 is 11.8 Å². The minimum absolute atomic E-state index is 0.156. The van der Waals surface area contributed by atoms with E-state index >= 15 is 0 Å². The lowest BCUT2D eigenvalue weighted by Gasteiger charge is -2.34. The molecule has 9 heteroatoms. The van der Waals surface area contributed by atoms with Gasteiger partial charge in [-0.1, -0.05) is 12.1 Å². The SMILES string of the molecule is CC(=O)c1ccn(C(=O)N2CCN(Cc3cccc(Oc4cccnn4)c3)CC2)n1. The smallest absolute Gasteiger partial charge is 0.344 e. The number of aromatic nitrogens is 4. The fourth-order valence-corrected chi connectivity index (χ4v) is 3.29. The Hall–Kier alpha value is -3.59. The van der Waals surface area contributed by atoms with Gasteiger partial charge in [0.05, 0.1) is 0 Å². The minimum Gasteiger partial charge on any atom is -0.438 e. The largest absolute Gasteiger partial charge is 0.438 e. The van der Waals surface area contributed by atoms with E-state index in [0.717, 1.165) is 25.2 Å². The second-order valence-electron chi connectivity index (χ2n) is 7.06. The molecule has 4 rings (SSSR count). The Morgan fingerprint density at radius 2 is 1.90 bits per heavy atom. The predicted molar refractivity (Wildman–Crippen MR) is 108 cm³/mol. The molecule has 154 valence electrons. The minimum atomic E-state index is -0.207. The molecular formula is C21H22N6O3. The Morgan fingerprint density at radius 3 is 2.60 bits per heavy atom. The first-order valence-electron chi connectivity index (χ1n) is 9.71. The predicted octanol–water partition coefficient (Wildman–Crippen LogP) is 2.45. The summed E-state index contributed by atoms with van der Waals surface area (Å²) in [5.74, 6) is 1.01. The summed E-state index contributed by atoms with van der Waals surface area (Å²) in [4.78, 5) is 28.0. The Kier molecular flexibility index (Phi) is 5.80. The molecule has 3 aromatic rings. The van der Waals surface area contributed by atoms with Crippen molar-refractivity contribution in [3.8, 4) is 11.6 Å². The highest BCUT2D eigenvalue weighted by molar-refractivity contribution is 5.92. The third-order valence-electron chi connectivity index (χ3n) is 4.86. The molecular weight excluding hydrogens is 384 g/mol. The number of carbonyl (C=O) groups excluding carboxylic acids is 2. The summed E-state index contributed by atoms with van der Waals surface area (Å²) >= 11 is 0. The Labute approximate surface area is 173 Å². The number of hydrogen-bond acceptors (Lipinski definition) is 7. The maximum absolute atomic E-state index is 12.6. The van der Waals surface area contributed by atoms with Crippen LogP contribution in [0, 0.1) is 0 Å². The van der Waals surface area contributed by atoms with Crippen molar-refractivity contribution in [3.05, 3.63) is 66.1 Å². The fraction of sp³-hybridized carbons (Fsp3) is 0.286. The summed E-state index contributed by atoms with van der Waals surface area (Å²) in [6.45, 7) is 4.90. The standard InChI is InChI=1S/C21H22N6O3/c1-16(28)19-7-9-27(24-19)21(29)26-12-10-25(11-13-26)15-17-4-2-5-18(14-17)30-20-6-3-8-22-23-20/h2-9,14H,10-13,15H2,1H3. The number of carbonyl (C=O) groups is 2. The van der Waals surface area contributed by atoms with Crippen LogP contribution in [0.5, 0.6) is 11.6 Å². The van der Waals surface area contributed by atoms with Crippen LogP contribution in [0.3, 0.4) is 0 Å². The Morgan fingerprint density at radius 1 is 1.07 bits per heavy atom.